The highest BCUT2D eigenvalue weighted by molar-refractivity contribution is 9.10. The Hall–Kier alpha value is -0.700. The lowest BCUT2D eigenvalue weighted by Crippen LogP contribution is -2.20. The Bertz CT molecular complexity index is 388. The van der Waals surface area contributed by atoms with Crippen molar-refractivity contribution in [2.24, 2.45) is 11.8 Å². The van der Waals surface area contributed by atoms with Crippen molar-refractivity contribution in [3.8, 4) is 0 Å². The number of carbonyl (C=O) groups is 1. The summed E-state index contributed by atoms with van der Waals surface area (Å²) in [5, 5.41) is 0. The smallest absolute Gasteiger partial charge is 0.133 e. The van der Waals surface area contributed by atoms with Crippen LogP contribution in [0.1, 0.15) is 26.3 Å². The first-order chi connectivity index (χ1) is 7.41. The van der Waals surface area contributed by atoms with E-state index in [-0.39, 0.29) is 23.4 Å². The van der Waals surface area contributed by atoms with Gasteiger partial charge in [-0.1, -0.05) is 35.8 Å². The molecule has 0 fully saturated rings. The molecule has 0 N–H and O–H groups in total. The van der Waals surface area contributed by atoms with Crippen LogP contribution in [0.25, 0.3) is 0 Å². The van der Waals surface area contributed by atoms with Crippen LogP contribution in [-0.4, -0.2) is 5.78 Å². The molecule has 0 spiro atoms. The van der Waals surface area contributed by atoms with E-state index >= 15 is 0 Å². The number of hydrogen-bond acceptors (Lipinski definition) is 1. The summed E-state index contributed by atoms with van der Waals surface area (Å²) < 4.78 is 14.3. The van der Waals surface area contributed by atoms with E-state index in [1.165, 1.54) is 6.07 Å². The highest BCUT2D eigenvalue weighted by atomic mass is 79.9. The summed E-state index contributed by atoms with van der Waals surface area (Å²) in [5.41, 5.74) is 0.608. The van der Waals surface area contributed by atoms with Crippen LogP contribution in [0.2, 0.25) is 0 Å². The Morgan fingerprint density at radius 2 is 2.06 bits per heavy atom. The number of benzene rings is 1. The van der Waals surface area contributed by atoms with Gasteiger partial charge in [0.25, 0.3) is 0 Å². The van der Waals surface area contributed by atoms with Crippen molar-refractivity contribution in [2.45, 2.75) is 27.2 Å². The van der Waals surface area contributed by atoms with Gasteiger partial charge >= 0.3 is 0 Å². The van der Waals surface area contributed by atoms with Gasteiger partial charge in [0.15, 0.2) is 0 Å². The van der Waals surface area contributed by atoms with Crippen LogP contribution in [0.5, 0.6) is 0 Å². The van der Waals surface area contributed by atoms with Gasteiger partial charge in [0, 0.05) is 10.4 Å². The average Bonchev–Trinajstić information content (AvgIpc) is 2.15. The van der Waals surface area contributed by atoms with Crippen molar-refractivity contribution in [3.05, 3.63) is 34.1 Å². The number of carbonyl (C=O) groups excluding carboxylic acids is 1. The Morgan fingerprint density at radius 3 is 2.50 bits per heavy atom. The van der Waals surface area contributed by atoms with E-state index in [0.717, 1.165) is 4.47 Å². The van der Waals surface area contributed by atoms with Crippen LogP contribution in [0.15, 0.2) is 22.7 Å². The molecule has 0 aliphatic carbocycles. The second-order valence-electron chi connectivity index (χ2n) is 4.40. The van der Waals surface area contributed by atoms with E-state index in [9.17, 15) is 9.18 Å². The van der Waals surface area contributed by atoms with E-state index in [0.29, 0.717) is 12.0 Å². The monoisotopic (exact) mass is 286 g/mol. The van der Waals surface area contributed by atoms with E-state index < -0.39 is 0 Å². The Balaban J connectivity index is 2.90. The maximum Gasteiger partial charge on any atom is 0.133 e. The predicted octanol–water partition coefficient (Wildman–Crippen LogP) is 3.99. The molecule has 16 heavy (non-hydrogen) atoms. The summed E-state index contributed by atoms with van der Waals surface area (Å²) in [4.78, 5) is 11.4. The van der Waals surface area contributed by atoms with Crippen LogP contribution >= 0.6 is 15.9 Å². The highest BCUT2D eigenvalue weighted by Crippen LogP contribution is 2.22. The molecule has 0 aliphatic heterocycles. The van der Waals surface area contributed by atoms with Gasteiger partial charge in [-0.05, 0) is 37.0 Å². The summed E-state index contributed by atoms with van der Waals surface area (Å²) in [5.74, 6) is 0.00909. The third kappa shape index (κ3) is 3.41. The molecule has 0 radical (unpaired) electrons. The van der Waals surface area contributed by atoms with Gasteiger partial charge in [-0.25, -0.2) is 4.39 Å². The lowest BCUT2D eigenvalue weighted by atomic mass is 9.86. The van der Waals surface area contributed by atoms with E-state index in [4.69, 9.17) is 0 Å². The molecule has 88 valence electrons. The number of Topliss-reactive ketones (excluding diaryl/α,β-unsaturated/α-hetero) is 1. The van der Waals surface area contributed by atoms with Crippen molar-refractivity contribution < 1.29 is 9.18 Å². The first kappa shape index (κ1) is 13.4. The molecule has 0 saturated heterocycles. The molecule has 0 saturated carbocycles. The first-order valence-electron chi connectivity index (χ1n) is 5.36. The topological polar surface area (TPSA) is 17.1 Å². The molecule has 1 rings (SSSR count). The van der Waals surface area contributed by atoms with Gasteiger partial charge in [0.1, 0.15) is 11.6 Å². The quantitative estimate of drug-likeness (QED) is 0.818. The lowest BCUT2D eigenvalue weighted by molar-refractivity contribution is -0.121. The molecule has 0 heterocycles. The molecule has 3 heteroatoms. The van der Waals surface area contributed by atoms with Crippen LogP contribution < -0.4 is 0 Å². The van der Waals surface area contributed by atoms with Gasteiger partial charge in [-0.3, -0.25) is 4.79 Å². The Kier molecular flexibility index (Phi) is 4.66. The molecule has 0 amide bonds. The third-order valence-corrected chi connectivity index (χ3v) is 3.28. The highest BCUT2D eigenvalue weighted by Gasteiger charge is 2.20. The van der Waals surface area contributed by atoms with Gasteiger partial charge in [0.05, 0.1) is 0 Å². The lowest BCUT2D eigenvalue weighted by Gasteiger charge is -2.18. The fourth-order valence-corrected chi connectivity index (χ4v) is 2.11. The zero-order chi connectivity index (χ0) is 12.3. The minimum absolute atomic E-state index is 0.101. The van der Waals surface area contributed by atoms with Crippen molar-refractivity contribution >= 4 is 21.7 Å². The predicted molar refractivity (Wildman–Crippen MR) is 66.8 cm³/mol. The second-order valence-corrected chi connectivity index (χ2v) is 5.32. The van der Waals surface area contributed by atoms with Gasteiger partial charge < -0.3 is 0 Å². The van der Waals surface area contributed by atoms with E-state index in [1.807, 2.05) is 13.8 Å². The standard InChI is InChI=1S/C13H16BrFO/c1-8(2)12(9(3)16)6-10-4-5-11(14)7-13(10)15/h4-5,7-8,12H,6H2,1-3H3. The zero-order valence-corrected chi connectivity index (χ0v) is 11.3. The van der Waals surface area contributed by atoms with E-state index in [1.54, 1.807) is 19.1 Å². The zero-order valence-electron chi connectivity index (χ0n) is 9.76. The second kappa shape index (κ2) is 5.58. The normalized spacial score (nSPS) is 12.9. The summed E-state index contributed by atoms with van der Waals surface area (Å²) in [6, 6.07) is 4.97. The van der Waals surface area contributed by atoms with Crippen molar-refractivity contribution in [3.63, 3.8) is 0 Å². The van der Waals surface area contributed by atoms with Crippen LogP contribution in [0, 0.1) is 17.7 Å². The Labute approximate surface area is 104 Å². The number of rotatable bonds is 4. The van der Waals surface area contributed by atoms with Crippen molar-refractivity contribution in [1.29, 1.82) is 0 Å². The first-order valence-corrected chi connectivity index (χ1v) is 6.15. The fraction of sp³-hybridized carbons (Fsp3) is 0.462. The molecule has 0 bridgehead atoms. The maximum atomic E-state index is 13.6. The molecule has 0 aliphatic rings. The Morgan fingerprint density at radius 1 is 1.44 bits per heavy atom. The maximum absolute atomic E-state index is 13.6. The summed E-state index contributed by atoms with van der Waals surface area (Å²) in [7, 11) is 0. The molecule has 1 aromatic rings. The summed E-state index contributed by atoms with van der Waals surface area (Å²) in [6.45, 7) is 5.55. The number of halogens is 2. The SMILES string of the molecule is CC(=O)C(Cc1ccc(Br)cc1F)C(C)C. The van der Waals surface area contributed by atoms with Gasteiger partial charge in [0.2, 0.25) is 0 Å². The minimum atomic E-state index is -0.249. The van der Waals surface area contributed by atoms with Crippen molar-refractivity contribution in [1.82, 2.24) is 0 Å². The van der Waals surface area contributed by atoms with Crippen LogP contribution in [-0.2, 0) is 11.2 Å². The van der Waals surface area contributed by atoms with E-state index in [2.05, 4.69) is 15.9 Å². The molecule has 1 nitrogen and oxygen atoms in total. The van der Waals surface area contributed by atoms with Crippen LogP contribution in [0.3, 0.4) is 0 Å². The largest absolute Gasteiger partial charge is 0.300 e. The van der Waals surface area contributed by atoms with Gasteiger partial charge in [-0.2, -0.15) is 0 Å². The molecule has 1 aromatic carbocycles. The molecular formula is C13H16BrFO. The molecule has 1 unspecified atom stereocenters. The molecular weight excluding hydrogens is 271 g/mol. The summed E-state index contributed by atoms with van der Waals surface area (Å²) in [6.07, 6.45) is 0.478. The van der Waals surface area contributed by atoms with Gasteiger partial charge in [-0.15, -0.1) is 0 Å². The fourth-order valence-electron chi connectivity index (χ4n) is 1.77. The average molecular weight is 287 g/mol. The number of ketones is 1. The minimum Gasteiger partial charge on any atom is -0.300 e. The molecule has 1 atom stereocenters. The third-order valence-electron chi connectivity index (χ3n) is 2.78. The van der Waals surface area contributed by atoms with Crippen LogP contribution in [0.4, 0.5) is 4.39 Å². The molecule has 0 aromatic heterocycles. The summed E-state index contributed by atoms with van der Waals surface area (Å²) >= 11 is 3.21. The van der Waals surface area contributed by atoms with Crippen molar-refractivity contribution in [2.75, 3.05) is 0 Å². The number of hydrogen-bond donors (Lipinski definition) is 0.